The topological polar surface area (TPSA) is 60.7 Å². The number of nitrogens with zero attached hydrogens (tertiary/aromatic N) is 1. The summed E-state index contributed by atoms with van der Waals surface area (Å²) >= 11 is 0. The molecule has 2 rings (SSSR count). The minimum atomic E-state index is 0.0103. The predicted molar refractivity (Wildman–Crippen MR) is 67.5 cm³/mol. The summed E-state index contributed by atoms with van der Waals surface area (Å²) in [5, 5.41) is 9.81. The van der Waals surface area contributed by atoms with E-state index in [1.165, 1.54) is 0 Å². The lowest BCUT2D eigenvalue weighted by molar-refractivity contribution is 0.112. The second-order valence-corrected chi connectivity index (χ2v) is 3.84. The van der Waals surface area contributed by atoms with Crippen LogP contribution in [0, 0.1) is 0 Å². The largest absolute Gasteiger partial charge is 0.493 e. The number of aliphatic hydroxyl groups is 1. The van der Waals surface area contributed by atoms with E-state index in [1.54, 1.807) is 32.5 Å². The van der Waals surface area contributed by atoms with Gasteiger partial charge in [0.2, 0.25) is 0 Å². The maximum absolute atomic E-state index is 11.0. The molecule has 0 aliphatic carbocycles. The molecule has 0 radical (unpaired) electrons. The Balaban J connectivity index is 2.71. The van der Waals surface area contributed by atoms with Crippen LogP contribution in [-0.4, -0.2) is 36.8 Å². The Morgan fingerprint density at radius 3 is 2.50 bits per heavy atom. The summed E-state index contributed by atoms with van der Waals surface area (Å²) in [6.07, 6.45) is 2.51. The highest BCUT2D eigenvalue weighted by atomic mass is 16.5. The molecule has 0 aliphatic heterocycles. The summed E-state index contributed by atoms with van der Waals surface area (Å²) in [7, 11) is 3.11. The van der Waals surface area contributed by atoms with Gasteiger partial charge in [-0.2, -0.15) is 0 Å². The molecule has 1 aromatic heterocycles. The summed E-state index contributed by atoms with van der Waals surface area (Å²) in [6, 6.07) is 3.57. The lowest BCUT2D eigenvalue weighted by Gasteiger charge is -2.09. The van der Waals surface area contributed by atoms with Crippen molar-refractivity contribution in [2.45, 2.75) is 6.54 Å². The highest BCUT2D eigenvalue weighted by Crippen LogP contribution is 2.34. The molecule has 5 heteroatoms. The Hall–Kier alpha value is -2.01. The molecule has 1 aromatic carbocycles. The summed E-state index contributed by atoms with van der Waals surface area (Å²) in [4.78, 5) is 11.0. The van der Waals surface area contributed by atoms with Crippen LogP contribution in [0.15, 0.2) is 18.3 Å². The fraction of sp³-hybridized carbons (Fsp3) is 0.308. The number of benzene rings is 1. The molecule has 2 aromatic rings. The highest BCUT2D eigenvalue weighted by Gasteiger charge is 2.13. The van der Waals surface area contributed by atoms with Crippen molar-refractivity contribution in [1.82, 2.24) is 4.57 Å². The zero-order valence-corrected chi connectivity index (χ0v) is 10.3. The van der Waals surface area contributed by atoms with Crippen molar-refractivity contribution in [3.63, 3.8) is 0 Å². The Kier molecular flexibility index (Phi) is 3.53. The van der Waals surface area contributed by atoms with Gasteiger partial charge in [-0.1, -0.05) is 0 Å². The van der Waals surface area contributed by atoms with Crippen molar-refractivity contribution >= 4 is 17.2 Å². The van der Waals surface area contributed by atoms with E-state index in [0.717, 1.165) is 17.2 Å². The number of carbonyl (C=O) groups is 1. The fourth-order valence-corrected chi connectivity index (χ4v) is 2.03. The minimum absolute atomic E-state index is 0.0103. The number of aliphatic hydroxyl groups excluding tert-OH is 1. The van der Waals surface area contributed by atoms with E-state index < -0.39 is 0 Å². The van der Waals surface area contributed by atoms with Gasteiger partial charge in [0.25, 0.3) is 0 Å². The first kappa shape index (κ1) is 12.4. The summed E-state index contributed by atoms with van der Waals surface area (Å²) in [6.45, 7) is 0.441. The van der Waals surface area contributed by atoms with E-state index in [2.05, 4.69) is 0 Å². The van der Waals surface area contributed by atoms with E-state index in [-0.39, 0.29) is 6.61 Å². The van der Waals surface area contributed by atoms with E-state index in [4.69, 9.17) is 14.6 Å². The minimum Gasteiger partial charge on any atom is -0.493 e. The molecule has 96 valence electrons. The molecule has 0 fully saturated rings. The number of hydrogen-bond donors (Lipinski definition) is 1. The zero-order valence-electron chi connectivity index (χ0n) is 10.3. The fourth-order valence-electron chi connectivity index (χ4n) is 2.03. The third kappa shape index (κ3) is 1.93. The van der Waals surface area contributed by atoms with Gasteiger partial charge >= 0.3 is 0 Å². The van der Waals surface area contributed by atoms with Crippen LogP contribution in [0.25, 0.3) is 10.9 Å². The molecular weight excluding hydrogens is 234 g/mol. The van der Waals surface area contributed by atoms with Gasteiger partial charge in [-0.3, -0.25) is 4.79 Å². The maximum atomic E-state index is 11.0. The summed E-state index contributed by atoms with van der Waals surface area (Å²) in [5.74, 6) is 1.18. The lowest BCUT2D eigenvalue weighted by Crippen LogP contribution is -2.00. The van der Waals surface area contributed by atoms with Crippen molar-refractivity contribution in [1.29, 1.82) is 0 Å². The Morgan fingerprint density at radius 1 is 1.28 bits per heavy atom. The third-order valence-corrected chi connectivity index (χ3v) is 2.89. The highest BCUT2D eigenvalue weighted by molar-refractivity contribution is 5.99. The number of carbonyl (C=O) groups excluding carboxylic acids is 1. The molecule has 1 N–H and O–H groups in total. The molecule has 5 nitrogen and oxygen atoms in total. The third-order valence-electron chi connectivity index (χ3n) is 2.89. The van der Waals surface area contributed by atoms with E-state index >= 15 is 0 Å². The predicted octanol–water partition coefficient (Wildman–Crippen LogP) is 1.46. The standard InChI is InChI=1S/C13H15NO4/c1-17-12-5-10-9(8-16)7-14(3-4-15)11(10)6-13(12)18-2/h5-8,15H,3-4H2,1-2H3. The first-order chi connectivity index (χ1) is 8.74. The van der Waals surface area contributed by atoms with E-state index in [0.29, 0.717) is 23.6 Å². The number of methoxy groups -OCH3 is 2. The molecule has 0 atom stereocenters. The van der Waals surface area contributed by atoms with Crippen LogP contribution in [0.1, 0.15) is 10.4 Å². The van der Waals surface area contributed by atoms with Gasteiger partial charge in [0.1, 0.15) is 0 Å². The second-order valence-electron chi connectivity index (χ2n) is 3.84. The number of rotatable bonds is 5. The molecule has 0 saturated heterocycles. The number of aromatic nitrogens is 1. The average molecular weight is 249 g/mol. The van der Waals surface area contributed by atoms with Crippen molar-refractivity contribution in [3.05, 3.63) is 23.9 Å². The average Bonchev–Trinajstić information content (AvgIpc) is 2.75. The van der Waals surface area contributed by atoms with Gasteiger partial charge in [-0.05, 0) is 6.07 Å². The molecular formula is C13H15NO4. The normalized spacial score (nSPS) is 10.6. The van der Waals surface area contributed by atoms with Crippen molar-refractivity contribution in [2.24, 2.45) is 0 Å². The van der Waals surface area contributed by atoms with Gasteiger partial charge in [-0.25, -0.2) is 0 Å². The van der Waals surface area contributed by atoms with Gasteiger partial charge in [0.05, 0.1) is 26.3 Å². The van der Waals surface area contributed by atoms with Crippen LogP contribution in [0.3, 0.4) is 0 Å². The van der Waals surface area contributed by atoms with Crippen LogP contribution in [0.4, 0.5) is 0 Å². The molecule has 0 spiro atoms. The molecule has 0 aliphatic rings. The first-order valence-corrected chi connectivity index (χ1v) is 5.56. The molecule has 0 amide bonds. The number of fused-ring (bicyclic) bond motifs is 1. The smallest absolute Gasteiger partial charge is 0.162 e. The molecule has 18 heavy (non-hydrogen) atoms. The quantitative estimate of drug-likeness (QED) is 0.815. The first-order valence-electron chi connectivity index (χ1n) is 5.56. The second kappa shape index (κ2) is 5.10. The lowest BCUT2D eigenvalue weighted by atomic mass is 10.1. The van der Waals surface area contributed by atoms with Gasteiger partial charge < -0.3 is 19.1 Å². The van der Waals surface area contributed by atoms with Crippen LogP contribution >= 0.6 is 0 Å². The SMILES string of the molecule is COc1cc2c(C=O)cn(CCO)c2cc1OC. The molecule has 0 saturated carbocycles. The van der Waals surface area contributed by atoms with Gasteiger partial charge in [0.15, 0.2) is 17.8 Å². The Bertz CT molecular complexity index is 574. The van der Waals surface area contributed by atoms with Crippen LogP contribution < -0.4 is 9.47 Å². The van der Waals surface area contributed by atoms with Crippen LogP contribution in [-0.2, 0) is 6.54 Å². The number of ether oxygens (including phenoxy) is 2. The molecule has 0 unspecified atom stereocenters. The van der Waals surface area contributed by atoms with Crippen molar-refractivity contribution in [2.75, 3.05) is 20.8 Å². The van der Waals surface area contributed by atoms with E-state index in [1.807, 2.05) is 4.57 Å². The number of hydrogen-bond acceptors (Lipinski definition) is 4. The zero-order chi connectivity index (χ0) is 13.1. The van der Waals surface area contributed by atoms with Crippen molar-refractivity contribution < 1.29 is 19.4 Å². The van der Waals surface area contributed by atoms with E-state index in [9.17, 15) is 4.79 Å². The Morgan fingerprint density at radius 2 is 1.94 bits per heavy atom. The molecule has 0 bridgehead atoms. The van der Waals surface area contributed by atoms with Gasteiger partial charge in [-0.15, -0.1) is 0 Å². The van der Waals surface area contributed by atoms with Crippen LogP contribution in [0.5, 0.6) is 11.5 Å². The summed E-state index contributed by atoms with van der Waals surface area (Å²) < 4.78 is 12.3. The number of aldehydes is 1. The maximum Gasteiger partial charge on any atom is 0.162 e. The molecule has 1 heterocycles. The van der Waals surface area contributed by atoms with Gasteiger partial charge in [0, 0.05) is 29.8 Å². The van der Waals surface area contributed by atoms with Crippen molar-refractivity contribution in [3.8, 4) is 11.5 Å². The van der Waals surface area contributed by atoms with Crippen LogP contribution in [0.2, 0.25) is 0 Å². The summed E-state index contributed by atoms with van der Waals surface area (Å²) in [5.41, 5.74) is 1.41. The monoisotopic (exact) mass is 249 g/mol. The Labute approximate surface area is 105 Å².